The lowest BCUT2D eigenvalue weighted by Crippen LogP contribution is -2.26. The van der Waals surface area contributed by atoms with Gasteiger partial charge in [0.05, 0.1) is 6.42 Å². The van der Waals surface area contributed by atoms with Gasteiger partial charge in [-0.3, -0.25) is 9.78 Å². The third-order valence-electron chi connectivity index (χ3n) is 5.04. The molecule has 0 spiro atoms. The smallest absolute Gasteiger partial charge is 0.310 e. The van der Waals surface area contributed by atoms with E-state index in [1.54, 1.807) is 0 Å². The fraction of sp³-hybridized carbons (Fsp3) is 0.727. The Morgan fingerprint density at radius 1 is 1.12 bits per heavy atom. The number of carbonyl (C=O) groups is 1. The van der Waals surface area contributed by atoms with Crippen molar-refractivity contribution in [2.45, 2.75) is 86.7 Å². The number of carbonyl (C=O) groups excluding carboxylic acids is 1. The van der Waals surface area contributed by atoms with Gasteiger partial charge in [0.15, 0.2) is 0 Å². The summed E-state index contributed by atoms with van der Waals surface area (Å²) in [4.78, 5) is 16.7. The van der Waals surface area contributed by atoms with Crippen LogP contribution in [0, 0.1) is 17.8 Å². The van der Waals surface area contributed by atoms with Crippen LogP contribution in [0.25, 0.3) is 0 Å². The molecule has 0 saturated heterocycles. The molecule has 0 aliphatic carbocycles. The van der Waals surface area contributed by atoms with Crippen LogP contribution in [0.1, 0.15) is 78.5 Å². The summed E-state index contributed by atoms with van der Waals surface area (Å²) in [6, 6.07) is 0. The minimum Gasteiger partial charge on any atom is -0.460 e. The quantitative estimate of drug-likeness (QED) is 0.592. The summed E-state index contributed by atoms with van der Waals surface area (Å²) >= 11 is 0. The molecule has 0 aromatic carbocycles. The van der Waals surface area contributed by atoms with Crippen molar-refractivity contribution in [2.24, 2.45) is 17.8 Å². The minimum atomic E-state index is -0.454. The summed E-state index contributed by atoms with van der Waals surface area (Å²) in [5.74, 6) is 1.71. The van der Waals surface area contributed by atoms with Crippen molar-refractivity contribution in [3.8, 4) is 0 Å². The maximum atomic E-state index is 12.3. The number of pyridine rings is 1. The highest BCUT2D eigenvalue weighted by Gasteiger charge is 2.24. The molecule has 0 bridgehead atoms. The Hall–Kier alpha value is -1.38. The fourth-order valence-corrected chi connectivity index (χ4v) is 3.46. The van der Waals surface area contributed by atoms with Gasteiger partial charge in [-0.2, -0.15) is 0 Å². The van der Waals surface area contributed by atoms with Gasteiger partial charge in [0.1, 0.15) is 5.60 Å². The Bertz CT molecular complexity index is 558. The third kappa shape index (κ3) is 6.80. The van der Waals surface area contributed by atoms with Gasteiger partial charge < -0.3 is 4.74 Å². The van der Waals surface area contributed by atoms with Gasteiger partial charge in [-0.15, -0.1) is 0 Å². The molecule has 0 saturated carbocycles. The lowest BCUT2D eigenvalue weighted by Gasteiger charge is -2.29. The first-order chi connectivity index (χ1) is 11.6. The molecule has 2 unspecified atom stereocenters. The second kappa shape index (κ2) is 9.35. The first-order valence-corrected chi connectivity index (χ1v) is 9.75. The lowest BCUT2D eigenvalue weighted by atomic mass is 9.77. The third-order valence-corrected chi connectivity index (χ3v) is 5.04. The van der Waals surface area contributed by atoms with Gasteiger partial charge in [-0.25, -0.2) is 0 Å². The Morgan fingerprint density at radius 2 is 1.72 bits per heavy atom. The molecule has 0 aliphatic heterocycles. The SMILES string of the molecule is CCc1cncc(CC(=O)OC(C)(C)C)c1CC(C(C)C)C(C)CC. The van der Waals surface area contributed by atoms with Crippen molar-refractivity contribution in [3.63, 3.8) is 0 Å². The van der Waals surface area contributed by atoms with Crippen molar-refractivity contribution < 1.29 is 9.53 Å². The Morgan fingerprint density at radius 3 is 2.20 bits per heavy atom. The van der Waals surface area contributed by atoms with E-state index in [2.05, 4.69) is 39.6 Å². The molecule has 1 aromatic rings. The molecule has 1 heterocycles. The van der Waals surface area contributed by atoms with Crippen LogP contribution < -0.4 is 0 Å². The molecule has 0 aliphatic rings. The average molecular weight is 348 g/mol. The Labute approximate surface area is 154 Å². The zero-order valence-electron chi connectivity index (χ0n) is 17.5. The zero-order valence-corrected chi connectivity index (χ0v) is 17.5. The fourth-order valence-electron chi connectivity index (χ4n) is 3.46. The van der Waals surface area contributed by atoms with Crippen LogP contribution in [0.2, 0.25) is 0 Å². The number of hydrogen-bond donors (Lipinski definition) is 0. The monoisotopic (exact) mass is 347 g/mol. The molecule has 25 heavy (non-hydrogen) atoms. The van der Waals surface area contributed by atoms with Gasteiger partial charge in [0.25, 0.3) is 0 Å². The van der Waals surface area contributed by atoms with E-state index in [4.69, 9.17) is 4.74 Å². The highest BCUT2D eigenvalue weighted by atomic mass is 16.6. The van der Waals surface area contributed by atoms with Crippen molar-refractivity contribution in [1.29, 1.82) is 0 Å². The van der Waals surface area contributed by atoms with Crippen LogP contribution >= 0.6 is 0 Å². The first kappa shape index (κ1) is 21.7. The molecule has 0 N–H and O–H groups in total. The molecule has 3 nitrogen and oxygen atoms in total. The van der Waals surface area contributed by atoms with E-state index in [-0.39, 0.29) is 5.97 Å². The van der Waals surface area contributed by atoms with Crippen molar-refractivity contribution in [3.05, 3.63) is 29.1 Å². The minimum absolute atomic E-state index is 0.173. The van der Waals surface area contributed by atoms with Crippen LogP contribution in [-0.2, 0) is 28.8 Å². The number of aromatic nitrogens is 1. The summed E-state index contributed by atoms with van der Waals surface area (Å²) in [6.45, 7) is 17.1. The maximum Gasteiger partial charge on any atom is 0.310 e. The average Bonchev–Trinajstić information content (AvgIpc) is 2.50. The van der Waals surface area contributed by atoms with Crippen molar-refractivity contribution in [1.82, 2.24) is 4.98 Å². The first-order valence-electron chi connectivity index (χ1n) is 9.75. The summed E-state index contributed by atoms with van der Waals surface area (Å²) in [5, 5.41) is 0. The summed E-state index contributed by atoms with van der Waals surface area (Å²) in [5.41, 5.74) is 3.14. The predicted octanol–water partition coefficient (Wildman–Crippen LogP) is 5.39. The van der Waals surface area contributed by atoms with Crippen molar-refractivity contribution in [2.75, 3.05) is 0 Å². The van der Waals surface area contributed by atoms with E-state index in [0.717, 1.165) is 18.4 Å². The van der Waals surface area contributed by atoms with Crippen LogP contribution in [0.15, 0.2) is 12.4 Å². The normalized spacial score (nSPS) is 14.4. The molecular weight excluding hydrogens is 310 g/mol. The number of rotatable bonds is 8. The number of esters is 1. The van der Waals surface area contributed by atoms with Crippen LogP contribution in [0.3, 0.4) is 0 Å². The second-order valence-corrected chi connectivity index (χ2v) is 8.55. The van der Waals surface area contributed by atoms with E-state index in [1.165, 1.54) is 17.5 Å². The second-order valence-electron chi connectivity index (χ2n) is 8.55. The highest BCUT2D eigenvalue weighted by Crippen LogP contribution is 2.30. The molecule has 3 heteroatoms. The van der Waals surface area contributed by atoms with E-state index >= 15 is 0 Å². The number of hydrogen-bond acceptors (Lipinski definition) is 3. The van der Waals surface area contributed by atoms with Gasteiger partial charge in [0.2, 0.25) is 0 Å². The molecule has 0 radical (unpaired) electrons. The van der Waals surface area contributed by atoms with Gasteiger partial charge in [0, 0.05) is 12.4 Å². The van der Waals surface area contributed by atoms with Gasteiger partial charge in [-0.1, -0.05) is 41.0 Å². The maximum absolute atomic E-state index is 12.3. The molecule has 1 aromatic heterocycles. The Kier molecular flexibility index (Phi) is 8.11. The van der Waals surface area contributed by atoms with E-state index in [9.17, 15) is 4.79 Å². The molecular formula is C22H37NO2. The molecule has 0 fully saturated rings. The summed E-state index contributed by atoms with van der Waals surface area (Å²) < 4.78 is 5.52. The standard InChI is InChI=1S/C22H37NO2/c1-9-16(5)19(15(3)4)12-20-17(10-2)13-23-14-18(20)11-21(24)25-22(6,7)8/h13-16,19H,9-12H2,1-8H3. The van der Waals surface area contributed by atoms with Crippen molar-refractivity contribution >= 4 is 5.97 Å². The van der Waals surface area contributed by atoms with Crippen LogP contribution in [-0.4, -0.2) is 16.6 Å². The summed E-state index contributed by atoms with van der Waals surface area (Å²) in [6.07, 6.45) is 7.25. The van der Waals surface area contributed by atoms with Gasteiger partial charge >= 0.3 is 5.97 Å². The predicted molar refractivity (Wildman–Crippen MR) is 105 cm³/mol. The van der Waals surface area contributed by atoms with Crippen LogP contribution in [0.5, 0.6) is 0 Å². The Balaban J connectivity index is 3.13. The molecule has 2 atom stereocenters. The highest BCUT2D eigenvalue weighted by molar-refractivity contribution is 5.73. The van der Waals surface area contributed by atoms with E-state index < -0.39 is 5.60 Å². The number of ether oxygens (including phenoxy) is 1. The van der Waals surface area contributed by atoms with Crippen LogP contribution in [0.4, 0.5) is 0 Å². The van der Waals surface area contributed by atoms with Gasteiger partial charge in [-0.05, 0) is 68.1 Å². The zero-order chi connectivity index (χ0) is 19.2. The topological polar surface area (TPSA) is 39.2 Å². The number of aryl methyl sites for hydroxylation is 1. The number of nitrogens with zero attached hydrogens (tertiary/aromatic N) is 1. The molecule has 1 rings (SSSR count). The summed E-state index contributed by atoms with van der Waals surface area (Å²) in [7, 11) is 0. The van der Waals surface area contributed by atoms with E-state index in [0.29, 0.717) is 24.2 Å². The largest absolute Gasteiger partial charge is 0.460 e. The van der Waals surface area contributed by atoms with E-state index in [1.807, 2.05) is 33.2 Å². The lowest BCUT2D eigenvalue weighted by molar-refractivity contribution is -0.153. The molecule has 0 amide bonds. The molecule has 142 valence electrons.